The van der Waals surface area contributed by atoms with Crippen molar-refractivity contribution in [3.8, 4) is 0 Å². The maximum atomic E-state index is 10.9. The van der Waals surface area contributed by atoms with E-state index in [9.17, 15) is 4.79 Å². The van der Waals surface area contributed by atoms with Crippen molar-refractivity contribution in [2.24, 2.45) is 4.99 Å². The van der Waals surface area contributed by atoms with E-state index in [1.807, 2.05) is 30.3 Å². The summed E-state index contributed by atoms with van der Waals surface area (Å²) in [6.45, 7) is 0. The Morgan fingerprint density at radius 1 is 1.20 bits per heavy atom. The fourth-order valence-electron chi connectivity index (χ4n) is 1.12. The molecule has 0 radical (unpaired) electrons. The smallest absolute Gasteiger partial charge is 0.290 e. The molecule has 0 unspecified atom stereocenters. The molecule has 1 aromatic carbocycles. The fourth-order valence-corrected chi connectivity index (χ4v) is 1.12. The van der Waals surface area contributed by atoms with Gasteiger partial charge in [-0.25, -0.2) is 14.8 Å². The lowest BCUT2D eigenvalue weighted by molar-refractivity contribution is 1.07. The summed E-state index contributed by atoms with van der Waals surface area (Å²) in [5.41, 5.74) is 0.591. The Labute approximate surface area is 86.3 Å². The van der Waals surface area contributed by atoms with Gasteiger partial charge in [-0.3, -0.25) is 4.98 Å². The fraction of sp³-hybridized carbons (Fsp3) is 0. The van der Waals surface area contributed by atoms with Crippen molar-refractivity contribution >= 4 is 12.0 Å². The summed E-state index contributed by atoms with van der Waals surface area (Å²) in [6.07, 6.45) is 3.11. The predicted octanol–water partition coefficient (Wildman–Crippen LogP) is 1.52. The quantitative estimate of drug-likeness (QED) is 0.745. The first-order chi connectivity index (χ1) is 7.34. The molecule has 74 valence electrons. The van der Waals surface area contributed by atoms with Gasteiger partial charge in [-0.2, -0.15) is 0 Å². The molecule has 0 aliphatic heterocycles. The van der Waals surface area contributed by atoms with Crippen LogP contribution >= 0.6 is 0 Å². The summed E-state index contributed by atoms with van der Waals surface area (Å²) < 4.78 is 0. The third-order valence-electron chi connectivity index (χ3n) is 1.81. The Morgan fingerprint density at radius 3 is 2.73 bits per heavy atom. The zero-order chi connectivity index (χ0) is 10.5. The highest BCUT2D eigenvalue weighted by molar-refractivity contribution is 5.81. The Kier molecular flexibility index (Phi) is 2.69. The van der Waals surface area contributed by atoms with Gasteiger partial charge in [-0.05, 0) is 11.6 Å². The monoisotopic (exact) mass is 199 g/mol. The minimum absolute atomic E-state index is 0.391. The molecule has 0 spiro atoms. The average Bonchev–Trinajstić information content (AvgIpc) is 2.28. The molecule has 0 fully saturated rings. The average molecular weight is 199 g/mol. The molecule has 1 N–H and O–H groups in total. The van der Waals surface area contributed by atoms with E-state index in [1.165, 1.54) is 6.20 Å². The number of hydrogen-bond donors (Lipinski definition) is 1. The zero-order valence-electron chi connectivity index (χ0n) is 7.92. The van der Waals surface area contributed by atoms with Crippen molar-refractivity contribution < 1.29 is 0 Å². The first-order valence-electron chi connectivity index (χ1n) is 4.49. The van der Waals surface area contributed by atoms with Crippen LogP contribution in [0.1, 0.15) is 5.56 Å². The van der Waals surface area contributed by atoms with Gasteiger partial charge in [-0.15, -0.1) is 0 Å². The highest BCUT2D eigenvalue weighted by atomic mass is 16.1. The molecular formula is C11H9N3O. The first kappa shape index (κ1) is 9.33. The molecule has 0 aliphatic carbocycles. The topological polar surface area (TPSA) is 58.1 Å². The van der Waals surface area contributed by atoms with Gasteiger partial charge in [0.1, 0.15) is 5.82 Å². The van der Waals surface area contributed by atoms with E-state index in [4.69, 9.17) is 0 Å². The number of nitrogens with one attached hydrogen (secondary N) is 1. The Morgan fingerprint density at radius 2 is 2.00 bits per heavy atom. The van der Waals surface area contributed by atoms with E-state index < -0.39 is 5.69 Å². The molecule has 2 rings (SSSR count). The standard InChI is InChI=1S/C11H9N3O/c15-11-12-7-6-10(14-11)13-8-9-4-2-1-3-5-9/h1-8H,(H,12,14,15)/b13-8+. The third kappa shape index (κ3) is 2.60. The molecule has 0 saturated carbocycles. The van der Waals surface area contributed by atoms with Gasteiger partial charge in [0.25, 0.3) is 0 Å². The molecule has 1 aromatic heterocycles. The van der Waals surface area contributed by atoms with Crippen LogP contribution in [-0.4, -0.2) is 16.2 Å². The molecule has 0 aliphatic rings. The zero-order valence-corrected chi connectivity index (χ0v) is 7.92. The van der Waals surface area contributed by atoms with E-state index in [0.717, 1.165) is 5.56 Å². The van der Waals surface area contributed by atoms with Crippen LogP contribution in [0.5, 0.6) is 0 Å². The van der Waals surface area contributed by atoms with E-state index in [-0.39, 0.29) is 0 Å². The summed E-state index contributed by atoms with van der Waals surface area (Å²) in [4.78, 5) is 21.0. The maximum Gasteiger partial charge on any atom is 0.346 e. The van der Waals surface area contributed by atoms with Gasteiger partial charge >= 0.3 is 5.69 Å². The first-order valence-corrected chi connectivity index (χ1v) is 4.49. The molecule has 1 heterocycles. The van der Waals surface area contributed by atoms with Gasteiger partial charge in [0, 0.05) is 12.4 Å². The largest absolute Gasteiger partial charge is 0.346 e. The Bertz CT molecular complexity index is 517. The molecule has 0 saturated heterocycles. The highest BCUT2D eigenvalue weighted by Gasteiger charge is 1.89. The second-order valence-corrected chi connectivity index (χ2v) is 2.93. The van der Waals surface area contributed by atoms with Crippen LogP contribution in [-0.2, 0) is 0 Å². The van der Waals surface area contributed by atoms with Gasteiger partial charge in [-0.1, -0.05) is 30.3 Å². The number of rotatable bonds is 2. The van der Waals surface area contributed by atoms with E-state index >= 15 is 0 Å². The van der Waals surface area contributed by atoms with Crippen molar-refractivity contribution in [3.05, 3.63) is 58.6 Å². The van der Waals surface area contributed by atoms with Crippen LogP contribution in [0.15, 0.2) is 52.4 Å². The number of aliphatic imine (C=N–C) groups is 1. The lowest BCUT2D eigenvalue weighted by Gasteiger charge is -1.92. The number of hydrogen-bond acceptors (Lipinski definition) is 3. The predicted molar refractivity (Wildman–Crippen MR) is 58.6 cm³/mol. The van der Waals surface area contributed by atoms with Crippen LogP contribution in [0.25, 0.3) is 0 Å². The van der Waals surface area contributed by atoms with Gasteiger partial charge in [0.05, 0.1) is 0 Å². The van der Waals surface area contributed by atoms with Crippen molar-refractivity contribution in [2.75, 3.05) is 0 Å². The minimum Gasteiger partial charge on any atom is -0.290 e. The maximum absolute atomic E-state index is 10.9. The number of aromatic amines is 1. The Balaban J connectivity index is 2.23. The molecular weight excluding hydrogens is 190 g/mol. The van der Waals surface area contributed by atoms with Crippen LogP contribution in [0.4, 0.5) is 5.82 Å². The summed E-state index contributed by atoms with van der Waals surface area (Å²) >= 11 is 0. The van der Waals surface area contributed by atoms with E-state index in [2.05, 4.69) is 15.0 Å². The lowest BCUT2D eigenvalue weighted by Crippen LogP contribution is -2.07. The number of nitrogens with zero attached hydrogens (tertiary/aromatic N) is 2. The van der Waals surface area contributed by atoms with E-state index in [0.29, 0.717) is 5.82 Å². The molecule has 0 atom stereocenters. The van der Waals surface area contributed by atoms with Crippen molar-refractivity contribution in [1.82, 2.24) is 9.97 Å². The second kappa shape index (κ2) is 4.32. The molecule has 4 heteroatoms. The van der Waals surface area contributed by atoms with E-state index in [1.54, 1.807) is 12.3 Å². The summed E-state index contributed by atoms with van der Waals surface area (Å²) in [7, 11) is 0. The lowest BCUT2D eigenvalue weighted by atomic mass is 10.2. The Hall–Kier alpha value is -2.23. The van der Waals surface area contributed by atoms with Crippen molar-refractivity contribution in [3.63, 3.8) is 0 Å². The van der Waals surface area contributed by atoms with Crippen LogP contribution in [0.2, 0.25) is 0 Å². The highest BCUT2D eigenvalue weighted by Crippen LogP contribution is 2.02. The number of H-pyrrole nitrogens is 1. The third-order valence-corrected chi connectivity index (χ3v) is 1.81. The van der Waals surface area contributed by atoms with Crippen molar-refractivity contribution in [2.45, 2.75) is 0 Å². The van der Waals surface area contributed by atoms with Crippen molar-refractivity contribution in [1.29, 1.82) is 0 Å². The molecule has 2 aromatic rings. The van der Waals surface area contributed by atoms with Gasteiger partial charge in [0.15, 0.2) is 0 Å². The number of aromatic nitrogens is 2. The van der Waals surface area contributed by atoms with Gasteiger partial charge in [0.2, 0.25) is 0 Å². The summed E-state index contributed by atoms with van der Waals surface area (Å²) in [5.74, 6) is 0.499. The van der Waals surface area contributed by atoms with Gasteiger partial charge < -0.3 is 0 Å². The normalized spacial score (nSPS) is 10.7. The molecule has 4 nitrogen and oxygen atoms in total. The molecule has 15 heavy (non-hydrogen) atoms. The van der Waals surface area contributed by atoms with Crippen LogP contribution < -0.4 is 5.69 Å². The van der Waals surface area contributed by atoms with Crippen LogP contribution in [0.3, 0.4) is 0 Å². The summed E-state index contributed by atoms with van der Waals surface area (Å²) in [6, 6.07) is 11.3. The molecule has 0 bridgehead atoms. The summed E-state index contributed by atoms with van der Waals surface area (Å²) in [5, 5.41) is 0. The number of benzene rings is 1. The molecule has 0 amide bonds. The minimum atomic E-state index is -0.391. The SMILES string of the molecule is O=c1nccc(/N=C/c2ccccc2)[nH]1. The second-order valence-electron chi connectivity index (χ2n) is 2.93. The van der Waals surface area contributed by atoms with Crippen LogP contribution in [0, 0.1) is 0 Å².